The monoisotopic (exact) mass is 270 g/mol. The van der Waals surface area contributed by atoms with E-state index in [1.54, 1.807) is 6.92 Å². The van der Waals surface area contributed by atoms with E-state index in [9.17, 15) is 15.0 Å². The first-order chi connectivity index (χ1) is 9.56. The molecule has 0 heterocycles. The Labute approximate surface area is 116 Å². The second-order valence-corrected chi connectivity index (χ2v) is 4.24. The smallest absolute Gasteiger partial charge is 0.271 e. The highest BCUT2D eigenvalue weighted by Gasteiger charge is 2.08. The lowest BCUT2D eigenvalue weighted by atomic mass is 10.1. The van der Waals surface area contributed by atoms with Crippen molar-refractivity contribution in [2.24, 2.45) is 5.10 Å². The first-order valence-electron chi connectivity index (χ1n) is 5.99. The van der Waals surface area contributed by atoms with Crippen LogP contribution in [0.25, 0.3) is 0 Å². The Hall–Kier alpha value is -2.82. The molecular formula is C15H14N2O3. The SMILES string of the molecule is C/C(=N/NC(=O)c1cc(O)cc(O)c1)c1ccccc1. The minimum Gasteiger partial charge on any atom is -0.508 e. The third kappa shape index (κ3) is 3.35. The molecule has 2 aromatic carbocycles. The van der Waals surface area contributed by atoms with Gasteiger partial charge in [-0.05, 0) is 24.6 Å². The molecule has 20 heavy (non-hydrogen) atoms. The number of phenolic OH excluding ortho intramolecular Hbond substituents is 2. The molecule has 2 rings (SSSR count). The van der Waals surface area contributed by atoms with Gasteiger partial charge in [-0.3, -0.25) is 4.79 Å². The Balaban J connectivity index is 2.12. The molecule has 0 fully saturated rings. The van der Waals surface area contributed by atoms with Gasteiger partial charge in [0.05, 0.1) is 5.71 Å². The topological polar surface area (TPSA) is 81.9 Å². The van der Waals surface area contributed by atoms with Crippen molar-refractivity contribution in [3.05, 3.63) is 59.7 Å². The van der Waals surface area contributed by atoms with Gasteiger partial charge in [0, 0.05) is 11.6 Å². The number of rotatable bonds is 3. The fourth-order valence-electron chi connectivity index (χ4n) is 1.67. The molecule has 0 bridgehead atoms. The third-order valence-electron chi connectivity index (χ3n) is 2.68. The lowest BCUT2D eigenvalue weighted by Gasteiger charge is -2.04. The van der Waals surface area contributed by atoms with E-state index in [0.717, 1.165) is 11.6 Å². The summed E-state index contributed by atoms with van der Waals surface area (Å²) in [5.41, 5.74) is 4.06. The number of amides is 1. The molecule has 0 atom stereocenters. The molecule has 0 saturated carbocycles. The van der Waals surface area contributed by atoms with Crippen molar-refractivity contribution < 1.29 is 15.0 Å². The van der Waals surface area contributed by atoms with Crippen molar-refractivity contribution in [3.8, 4) is 11.5 Å². The van der Waals surface area contributed by atoms with E-state index < -0.39 is 5.91 Å². The lowest BCUT2D eigenvalue weighted by molar-refractivity contribution is 0.0954. The van der Waals surface area contributed by atoms with E-state index in [4.69, 9.17) is 0 Å². The number of carbonyl (C=O) groups is 1. The number of nitrogens with one attached hydrogen (secondary N) is 1. The quantitative estimate of drug-likeness (QED) is 0.591. The maximum Gasteiger partial charge on any atom is 0.271 e. The van der Waals surface area contributed by atoms with Crippen molar-refractivity contribution in [1.29, 1.82) is 0 Å². The van der Waals surface area contributed by atoms with Crippen LogP contribution in [0.4, 0.5) is 0 Å². The van der Waals surface area contributed by atoms with E-state index >= 15 is 0 Å². The van der Waals surface area contributed by atoms with Gasteiger partial charge in [0.2, 0.25) is 0 Å². The van der Waals surface area contributed by atoms with E-state index in [2.05, 4.69) is 10.5 Å². The van der Waals surface area contributed by atoms with Crippen LogP contribution >= 0.6 is 0 Å². The zero-order valence-electron chi connectivity index (χ0n) is 10.9. The molecule has 2 aromatic rings. The first kappa shape index (κ1) is 13.6. The molecule has 5 nitrogen and oxygen atoms in total. The summed E-state index contributed by atoms with van der Waals surface area (Å²) in [6, 6.07) is 13.1. The Bertz CT molecular complexity index is 631. The largest absolute Gasteiger partial charge is 0.508 e. The average molecular weight is 270 g/mol. The Morgan fingerprint density at radius 2 is 1.60 bits per heavy atom. The molecule has 0 aliphatic rings. The molecule has 0 aliphatic carbocycles. The highest BCUT2D eigenvalue weighted by Crippen LogP contribution is 2.20. The van der Waals surface area contributed by atoms with Gasteiger partial charge in [0.15, 0.2) is 0 Å². The maximum absolute atomic E-state index is 11.8. The van der Waals surface area contributed by atoms with Gasteiger partial charge < -0.3 is 10.2 Å². The minimum absolute atomic E-state index is 0.132. The van der Waals surface area contributed by atoms with Crippen molar-refractivity contribution >= 4 is 11.6 Å². The Morgan fingerprint density at radius 3 is 2.20 bits per heavy atom. The molecule has 0 aromatic heterocycles. The molecule has 3 N–H and O–H groups in total. The number of carbonyl (C=O) groups excluding carboxylic acids is 1. The Morgan fingerprint density at radius 1 is 1.00 bits per heavy atom. The van der Waals surface area contributed by atoms with Crippen LogP contribution in [0.5, 0.6) is 11.5 Å². The molecular weight excluding hydrogens is 256 g/mol. The minimum atomic E-state index is -0.508. The highest BCUT2D eigenvalue weighted by molar-refractivity contribution is 6.01. The van der Waals surface area contributed by atoms with Crippen molar-refractivity contribution in [1.82, 2.24) is 5.43 Å². The van der Waals surface area contributed by atoms with E-state index in [1.165, 1.54) is 12.1 Å². The van der Waals surface area contributed by atoms with Crippen LogP contribution in [0, 0.1) is 0 Å². The molecule has 0 radical (unpaired) electrons. The molecule has 102 valence electrons. The maximum atomic E-state index is 11.8. The predicted molar refractivity (Wildman–Crippen MR) is 75.9 cm³/mol. The Kier molecular flexibility index (Phi) is 4.00. The molecule has 5 heteroatoms. The van der Waals surface area contributed by atoms with Crippen LogP contribution in [0.2, 0.25) is 0 Å². The first-order valence-corrected chi connectivity index (χ1v) is 5.99. The van der Waals surface area contributed by atoms with Gasteiger partial charge >= 0.3 is 0 Å². The third-order valence-corrected chi connectivity index (χ3v) is 2.68. The second kappa shape index (κ2) is 5.88. The zero-order chi connectivity index (χ0) is 14.5. The summed E-state index contributed by atoms with van der Waals surface area (Å²) in [5, 5.41) is 22.6. The number of hydrazone groups is 1. The second-order valence-electron chi connectivity index (χ2n) is 4.24. The van der Waals surface area contributed by atoms with Crippen LogP contribution in [-0.2, 0) is 0 Å². The summed E-state index contributed by atoms with van der Waals surface area (Å²) < 4.78 is 0. The lowest BCUT2D eigenvalue weighted by Crippen LogP contribution is -2.19. The summed E-state index contributed by atoms with van der Waals surface area (Å²) in [7, 11) is 0. The van der Waals surface area contributed by atoms with Crippen LogP contribution in [-0.4, -0.2) is 21.8 Å². The van der Waals surface area contributed by atoms with Gasteiger partial charge in [0.25, 0.3) is 5.91 Å². The number of hydrogen-bond acceptors (Lipinski definition) is 4. The molecule has 0 aliphatic heterocycles. The standard InChI is InChI=1S/C15H14N2O3/c1-10(11-5-3-2-4-6-11)16-17-15(20)12-7-13(18)9-14(19)8-12/h2-9,18-19H,1H3,(H,17,20)/b16-10-. The van der Waals surface area contributed by atoms with E-state index in [-0.39, 0.29) is 17.1 Å². The van der Waals surface area contributed by atoms with Crippen LogP contribution in [0.1, 0.15) is 22.8 Å². The summed E-state index contributed by atoms with van der Waals surface area (Å²) >= 11 is 0. The number of benzene rings is 2. The van der Waals surface area contributed by atoms with Gasteiger partial charge in [-0.2, -0.15) is 5.10 Å². The van der Waals surface area contributed by atoms with Crippen LogP contribution < -0.4 is 5.43 Å². The fourth-order valence-corrected chi connectivity index (χ4v) is 1.67. The summed E-state index contributed by atoms with van der Waals surface area (Å²) in [4.78, 5) is 11.8. The van der Waals surface area contributed by atoms with E-state index in [1.807, 2.05) is 30.3 Å². The molecule has 0 saturated heterocycles. The summed E-state index contributed by atoms with van der Waals surface area (Å²) in [6.45, 7) is 1.77. The van der Waals surface area contributed by atoms with Gasteiger partial charge in [-0.15, -0.1) is 0 Å². The van der Waals surface area contributed by atoms with Crippen LogP contribution in [0.15, 0.2) is 53.6 Å². The summed E-state index contributed by atoms with van der Waals surface area (Å²) in [6.07, 6.45) is 0. The number of aromatic hydroxyl groups is 2. The number of nitrogens with zero attached hydrogens (tertiary/aromatic N) is 1. The zero-order valence-corrected chi connectivity index (χ0v) is 10.9. The van der Waals surface area contributed by atoms with Gasteiger partial charge in [0.1, 0.15) is 11.5 Å². The fraction of sp³-hybridized carbons (Fsp3) is 0.0667. The van der Waals surface area contributed by atoms with E-state index in [0.29, 0.717) is 5.71 Å². The molecule has 0 spiro atoms. The average Bonchev–Trinajstić information content (AvgIpc) is 2.44. The van der Waals surface area contributed by atoms with Gasteiger partial charge in [-0.25, -0.2) is 5.43 Å². The van der Waals surface area contributed by atoms with Crippen molar-refractivity contribution in [2.75, 3.05) is 0 Å². The molecule has 1 amide bonds. The molecule has 0 unspecified atom stereocenters. The van der Waals surface area contributed by atoms with Gasteiger partial charge in [-0.1, -0.05) is 30.3 Å². The van der Waals surface area contributed by atoms with Crippen molar-refractivity contribution in [3.63, 3.8) is 0 Å². The summed E-state index contributed by atoms with van der Waals surface area (Å²) in [5.74, 6) is -0.871. The number of hydrogen-bond donors (Lipinski definition) is 3. The predicted octanol–water partition coefficient (Wildman–Crippen LogP) is 2.25. The highest BCUT2D eigenvalue weighted by atomic mass is 16.3. The van der Waals surface area contributed by atoms with Crippen molar-refractivity contribution in [2.45, 2.75) is 6.92 Å². The normalized spacial score (nSPS) is 11.2. The van der Waals surface area contributed by atoms with Crippen LogP contribution in [0.3, 0.4) is 0 Å². The number of phenols is 2.